The second-order valence-electron chi connectivity index (χ2n) is 5.06. The second-order valence-corrected chi connectivity index (χ2v) is 5.06. The molecule has 0 aliphatic carbocycles. The van der Waals surface area contributed by atoms with Gasteiger partial charge in [0.1, 0.15) is 0 Å². The summed E-state index contributed by atoms with van der Waals surface area (Å²) < 4.78 is 24.4. The van der Waals surface area contributed by atoms with Crippen molar-refractivity contribution in [2.45, 2.75) is 38.3 Å². The van der Waals surface area contributed by atoms with Gasteiger partial charge in [-0.15, -0.1) is 0 Å². The maximum absolute atomic E-state index is 12.2. The number of carboxylic acid groups (broad SMARTS) is 1. The number of carbonyl (C=O) groups is 1. The summed E-state index contributed by atoms with van der Waals surface area (Å²) in [5.41, 5.74) is 0. The summed E-state index contributed by atoms with van der Waals surface area (Å²) in [4.78, 5) is 12.4. The van der Waals surface area contributed by atoms with Gasteiger partial charge in [0.15, 0.2) is 0 Å². The topological polar surface area (TPSA) is 72.8 Å². The van der Waals surface area contributed by atoms with Gasteiger partial charge in [0.05, 0.1) is 19.2 Å². The first-order valence-corrected chi connectivity index (χ1v) is 6.56. The summed E-state index contributed by atoms with van der Waals surface area (Å²) in [6.07, 6.45) is -1.78. The Kier molecular flexibility index (Phi) is 6.60. The summed E-state index contributed by atoms with van der Waals surface area (Å²) in [7, 11) is 0. The summed E-state index contributed by atoms with van der Waals surface area (Å²) in [5.74, 6) is -1.02. The van der Waals surface area contributed by atoms with Crippen LogP contribution in [0.1, 0.15) is 19.8 Å². The van der Waals surface area contributed by atoms with E-state index in [-0.39, 0.29) is 18.5 Å². The summed E-state index contributed by atoms with van der Waals surface area (Å²) in [6.45, 7) is 2.24. The van der Waals surface area contributed by atoms with E-state index in [1.54, 1.807) is 4.90 Å². The monoisotopic (exact) mass is 280 g/mol. The van der Waals surface area contributed by atoms with Crippen LogP contribution in [0.2, 0.25) is 0 Å². The third-order valence-corrected chi connectivity index (χ3v) is 3.44. The number of carboxylic acids is 1. The zero-order valence-corrected chi connectivity index (χ0v) is 11.1. The first-order chi connectivity index (χ1) is 8.92. The highest BCUT2D eigenvalue weighted by atomic mass is 19.3. The number of aliphatic hydroxyl groups is 1. The van der Waals surface area contributed by atoms with Crippen LogP contribution >= 0.6 is 0 Å². The molecule has 1 heterocycles. The molecule has 3 atom stereocenters. The maximum Gasteiger partial charge on any atom is 0.317 e. The Bertz CT molecular complexity index is 292. The van der Waals surface area contributed by atoms with Crippen molar-refractivity contribution in [2.75, 3.05) is 26.2 Å². The molecule has 0 bridgehead atoms. The average Bonchev–Trinajstić information content (AvgIpc) is 2.34. The molecule has 0 aromatic heterocycles. The van der Waals surface area contributed by atoms with E-state index in [0.717, 1.165) is 0 Å². The standard InChI is InChI=1S/C12H22F2N2O3/c1-2-10(17)8-3-9(15-4-11(13)14)6-16(5-8)7-12(18)19/h8-11,15,17H,2-7H2,1H3,(H,18,19). The average molecular weight is 280 g/mol. The number of piperidine rings is 1. The van der Waals surface area contributed by atoms with Crippen LogP contribution in [0.15, 0.2) is 0 Å². The number of alkyl halides is 2. The first kappa shape index (κ1) is 16.3. The van der Waals surface area contributed by atoms with Crippen molar-refractivity contribution in [1.82, 2.24) is 10.2 Å². The SMILES string of the molecule is CCC(O)C1CC(NCC(F)F)CN(CC(=O)O)C1. The number of aliphatic carboxylic acids is 1. The van der Waals surface area contributed by atoms with Gasteiger partial charge < -0.3 is 15.5 Å². The van der Waals surface area contributed by atoms with E-state index >= 15 is 0 Å². The van der Waals surface area contributed by atoms with Gasteiger partial charge in [0, 0.05) is 19.1 Å². The molecular weight excluding hydrogens is 258 g/mol. The summed E-state index contributed by atoms with van der Waals surface area (Å²) in [6, 6.07) is -0.201. The van der Waals surface area contributed by atoms with Gasteiger partial charge in [-0.1, -0.05) is 6.92 Å². The van der Waals surface area contributed by atoms with Crippen molar-refractivity contribution in [2.24, 2.45) is 5.92 Å². The van der Waals surface area contributed by atoms with E-state index in [4.69, 9.17) is 5.11 Å². The molecule has 0 radical (unpaired) electrons. The molecule has 19 heavy (non-hydrogen) atoms. The molecule has 0 spiro atoms. The molecule has 5 nitrogen and oxygen atoms in total. The van der Waals surface area contributed by atoms with Crippen LogP contribution in [0, 0.1) is 5.92 Å². The Morgan fingerprint density at radius 2 is 2.16 bits per heavy atom. The molecule has 1 saturated heterocycles. The van der Waals surface area contributed by atoms with Crippen LogP contribution in [-0.4, -0.2) is 65.8 Å². The van der Waals surface area contributed by atoms with Crippen molar-refractivity contribution >= 4 is 5.97 Å². The van der Waals surface area contributed by atoms with Gasteiger partial charge in [-0.2, -0.15) is 0 Å². The maximum atomic E-state index is 12.2. The molecule has 0 saturated carbocycles. The van der Waals surface area contributed by atoms with Crippen LogP contribution in [0.25, 0.3) is 0 Å². The molecule has 0 aromatic carbocycles. The number of hydrogen-bond donors (Lipinski definition) is 3. The highest BCUT2D eigenvalue weighted by molar-refractivity contribution is 5.69. The minimum Gasteiger partial charge on any atom is -0.480 e. The fourth-order valence-corrected chi connectivity index (χ4v) is 2.57. The van der Waals surface area contributed by atoms with Crippen LogP contribution in [0.3, 0.4) is 0 Å². The Morgan fingerprint density at radius 1 is 1.47 bits per heavy atom. The van der Waals surface area contributed by atoms with Crippen LogP contribution in [0.5, 0.6) is 0 Å². The zero-order valence-electron chi connectivity index (χ0n) is 11.1. The van der Waals surface area contributed by atoms with Gasteiger partial charge in [0.25, 0.3) is 6.43 Å². The lowest BCUT2D eigenvalue weighted by Gasteiger charge is -2.39. The summed E-state index contributed by atoms with van der Waals surface area (Å²) in [5, 5.41) is 21.4. The minimum atomic E-state index is -2.43. The molecular formula is C12H22F2N2O3. The zero-order chi connectivity index (χ0) is 14.4. The van der Waals surface area contributed by atoms with E-state index in [1.807, 2.05) is 6.92 Å². The summed E-state index contributed by atoms with van der Waals surface area (Å²) >= 11 is 0. The second kappa shape index (κ2) is 7.72. The Balaban J connectivity index is 2.58. The van der Waals surface area contributed by atoms with E-state index in [9.17, 15) is 18.7 Å². The molecule has 1 aliphatic rings. The lowest BCUT2D eigenvalue weighted by molar-refractivity contribution is -0.139. The molecule has 3 N–H and O–H groups in total. The van der Waals surface area contributed by atoms with E-state index < -0.39 is 25.0 Å². The minimum absolute atomic E-state index is 0.0757. The van der Waals surface area contributed by atoms with Gasteiger partial charge in [-0.05, 0) is 18.8 Å². The third-order valence-electron chi connectivity index (χ3n) is 3.44. The number of hydrogen-bond acceptors (Lipinski definition) is 4. The van der Waals surface area contributed by atoms with Crippen molar-refractivity contribution < 1.29 is 23.8 Å². The molecule has 0 aromatic rings. The number of nitrogens with zero attached hydrogens (tertiary/aromatic N) is 1. The fourth-order valence-electron chi connectivity index (χ4n) is 2.57. The Labute approximate surface area is 111 Å². The van der Waals surface area contributed by atoms with Crippen molar-refractivity contribution in [3.05, 3.63) is 0 Å². The number of nitrogens with one attached hydrogen (secondary N) is 1. The smallest absolute Gasteiger partial charge is 0.317 e. The molecule has 1 fully saturated rings. The van der Waals surface area contributed by atoms with Crippen molar-refractivity contribution in [1.29, 1.82) is 0 Å². The number of rotatable bonds is 7. The highest BCUT2D eigenvalue weighted by Crippen LogP contribution is 2.22. The van der Waals surface area contributed by atoms with Crippen LogP contribution < -0.4 is 5.32 Å². The van der Waals surface area contributed by atoms with Gasteiger partial charge in [0.2, 0.25) is 0 Å². The van der Waals surface area contributed by atoms with Gasteiger partial charge >= 0.3 is 5.97 Å². The lowest BCUT2D eigenvalue weighted by atomic mass is 9.88. The first-order valence-electron chi connectivity index (χ1n) is 6.56. The van der Waals surface area contributed by atoms with Crippen LogP contribution in [0.4, 0.5) is 8.78 Å². The largest absolute Gasteiger partial charge is 0.480 e. The number of likely N-dealkylation sites (tertiary alicyclic amines) is 1. The predicted molar refractivity (Wildman–Crippen MR) is 66.3 cm³/mol. The van der Waals surface area contributed by atoms with Crippen LogP contribution in [-0.2, 0) is 4.79 Å². The van der Waals surface area contributed by atoms with Crippen molar-refractivity contribution in [3.63, 3.8) is 0 Å². The molecule has 1 aliphatic heterocycles. The van der Waals surface area contributed by atoms with Crippen molar-refractivity contribution in [3.8, 4) is 0 Å². The van der Waals surface area contributed by atoms with E-state index in [0.29, 0.717) is 25.9 Å². The van der Waals surface area contributed by atoms with Gasteiger partial charge in [-0.25, -0.2) is 8.78 Å². The molecule has 3 unspecified atom stereocenters. The Hall–Kier alpha value is -0.790. The Morgan fingerprint density at radius 3 is 2.68 bits per heavy atom. The number of halogens is 2. The molecule has 1 rings (SSSR count). The normalized spacial score (nSPS) is 26.6. The van der Waals surface area contributed by atoms with E-state index in [2.05, 4.69) is 5.32 Å². The quantitative estimate of drug-likeness (QED) is 0.629. The number of aliphatic hydroxyl groups excluding tert-OH is 1. The molecule has 112 valence electrons. The third kappa shape index (κ3) is 5.80. The predicted octanol–water partition coefficient (Wildman–Crippen LogP) is 0.387. The highest BCUT2D eigenvalue weighted by Gasteiger charge is 2.31. The molecule has 7 heteroatoms. The lowest BCUT2D eigenvalue weighted by Crippen LogP contribution is -2.53. The van der Waals surface area contributed by atoms with E-state index in [1.165, 1.54) is 0 Å². The van der Waals surface area contributed by atoms with Gasteiger partial charge in [-0.3, -0.25) is 9.69 Å². The molecule has 0 amide bonds. The fraction of sp³-hybridized carbons (Fsp3) is 0.917.